The van der Waals surface area contributed by atoms with Gasteiger partial charge in [0.1, 0.15) is 5.75 Å². The maximum absolute atomic E-state index is 12.7. The molecule has 1 aromatic heterocycles. The molecule has 1 aromatic carbocycles. The first-order chi connectivity index (χ1) is 13.8. The Kier molecular flexibility index (Phi) is 5.42. The molecule has 2 aliphatic rings. The largest absolute Gasteiger partial charge is 0.497 e. The van der Waals surface area contributed by atoms with Crippen LogP contribution in [0.4, 0.5) is 13.2 Å². The average Bonchev–Trinajstić information content (AvgIpc) is 2.69. The van der Waals surface area contributed by atoms with E-state index in [0.717, 1.165) is 23.4 Å². The van der Waals surface area contributed by atoms with Crippen molar-refractivity contribution < 1.29 is 17.9 Å². The molecule has 1 fully saturated rings. The van der Waals surface area contributed by atoms with Gasteiger partial charge in [0, 0.05) is 43.4 Å². The zero-order valence-corrected chi connectivity index (χ0v) is 16.4. The fourth-order valence-electron chi connectivity index (χ4n) is 4.91. The number of fused-ring (bicyclic) bond motifs is 4. The first kappa shape index (κ1) is 20.0. The number of alkyl halides is 3. The van der Waals surface area contributed by atoms with Gasteiger partial charge < -0.3 is 14.2 Å². The summed E-state index contributed by atoms with van der Waals surface area (Å²) >= 11 is 0. The molecule has 2 bridgehead atoms. The SMILES string of the molecule is COc1cccc(C[C@H]2[C@H]3C[C@H](CN(CCC(F)(F)F)C3)c3cccc(=O)n32)c1. The van der Waals surface area contributed by atoms with Crippen molar-refractivity contribution in [2.75, 3.05) is 26.7 Å². The number of hydrogen-bond acceptors (Lipinski definition) is 3. The standard InChI is InChI=1S/C22H25F3N2O2/c1-29-18-5-2-4-15(10-18)11-20-17-12-16(19-6-3-7-21(28)27(19)20)13-26(14-17)9-8-22(23,24)25/h2-7,10,16-17,20H,8-9,11-14H2,1H3/t16-,17+,20+/m1/s1. The predicted molar refractivity (Wildman–Crippen MR) is 104 cm³/mol. The van der Waals surface area contributed by atoms with Crippen LogP contribution in [0, 0.1) is 5.92 Å². The van der Waals surface area contributed by atoms with Crippen molar-refractivity contribution >= 4 is 0 Å². The zero-order chi connectivity index (χ0) is 20.6. The second-order valence-electron chi connectivity index (χ2n) is 8.10. The lowest BCUT2D eigenvalue weighted by molar-refractivity contribution is -0.139. The monoisotopic (exact) mass is 406 g/mol. The molecule has 0 radical (unpaired) electrons. The number of ether oxygens (including phenoxy) is 1. The molecule has 0 unspecified atom stereocenters. The van der Waals surface area contributed by atoms with Crippen LogP contribution in [0.1, 0.15) is 36.1 Å². The molecule has 2 aromatic rings. The van der Waals surface area contributed by atoms with Crippen LogP contribution in [0.2, 0.25) is 0 Å². The molecular formula is C22H25F3N2O2. The molecule has 29 heavy (non-hydrogen) atoms. The maximum Gasteiger partial charge on any atom is 0.390 e. The third-order valence-corrected chi connectivity index (χ3v) is 6.16. The number of benzene rings is 1. The lowest BCUT2D eigenvalue weighted by atomic mass is 9.76. The van der Waals surface area contributed by atoms with Crippen LogP contribution >= 0.6 is 0 Å². The quantitative estimate of drug-likeness (QED) is 0.753. The van der Waals surface area contributed by atoms with E-state index >= 15 is 0 Å². The van der Waals surface area contributed by atoms with E-state index in [2.05, 4.69) is 0 Å². The fraction of sp³-hybridized carbons (Fsp3) is 0.500. The molecule has 0 aliphatic carbocycles. The van der Waals surface area contributed by atoms with Crippen molar-refractivity contribution in [2.24, 2.45) is 5.92 Å². The van der Waals surface area contributed by atoms with Gasteiger partial charge in [-0.05, 0) is 42.5 Å². The third kappa shape index (κ3) is 4.34. The second kappa shape index (κ2) is 7.86. The molecule has 0 N–H and O–H groups in total. The Morgan fingerprint density at radius 2 is 1.93 bits per heavy atom. The summed E-state index contributed by atoms with van der Waals surface area (Å²) in [6.45, 7) is 1.17. The van der Waals surface area contributed by atoms with Crippen LogP contribution in [0.15, 0.2) is 47.3 Å². The first-order valence-corrected chi connectivity index (χ1v) is 9.97. The van der Waals surface area contributed by atoms with Crippen LogP contribution in [-0.4, -0.2) is 42.4 Å². The van der Waals surface area contributed by atoms with E-state index in [4.69, 9.17) is 4.74 Å². The molecule has 0 spiro atoms. The normalized spacial score (nSPS) is 24.2. The van der Waals surface area contributed by atoms with Crippen LogP contribution in [0.5, 0.6) is 5.75 Å². The summed E-state index contributed by atoms with van der Waals surface area (Å²) < 4.78 is 45.4. The molecule has 1 saturated heterocycles. The zero-order valence-electron chi connectivity index (χ0n) is 16.4. The van der Waals surface area contributed by atoms with Crippen LogP contribution in [0.25, 0.3) is 0 Å². The molecule has 0 saturated carbocycles. The first-order valence-electron chi connectivity index (χ1n) is 9.97. The Hall–Kier alpha value is -2.28. The van der Waals surface area contributed by atoms with E-state index in [9.17, 15) is 18.0 Å². The number of halogens is 3. The number of piperidine rings is 1. The van der Waals surface area contributed by atoms with Crippen molar-refractivity contribution in [1.29, 1.82) is 0 Å². The highest BCUT2D eigenvalue weighted by molar-refractivity contribution is 5.30. The minimum Gasteiger partial charge on any atom is -0.497 e. The smallest absolute Gasteiger partial charge is 0.390 e. The summed E-state index contributed by atoms with van der Waals surface area (Å²) in [5, 5.41) is 0. The summed E-state index contributed by atoms with van der Waals surface area (Å²) in [5.41, 5.74) is 1.97. The van der Waals surface area contributed by atoms with Gasteiger partial charge in [0.05, 0.1) is 13.5 Å². The molecular weight excluding hydrogens is 381 g/mol. The van der Waals surface area contributed by atoms with E-state index in [0.29, 0.717) is 19.5 Å². The number of hydrogen-bond donors (Lipinski definition) is 0. The second-order valence-corrected chi connectivity index (χ2v) is 8.10. The fourth-order valence-corrected chi connectivity index (χ4v) is 4.91. The highest BCUT2D eigenvalue weighted by Crippen LogP contribution is 2.42. The van der Waals surface area contributed by atoms with Gasteiger partial charge in [0.25, 0.3) is 5.56 Å². The molecule has 3 atom stereocenters. The predicted octanol–water partition coefficient (Wildman–Crippen LogP) is 4.01. The van der Waals surface area contributed by atoms with Crippen molar-refractivity contribution in [2.45, 2.75) is 37.4 Å². The number of aromatic nitrogens is 1. The third-order valence-electron chi connectivity index (χ3n) is 6.16. The minimum absolute atomic E-state index is 0.0133. The Morgan fingerprint density at radius 3 is 2.69 bits per heavy atom. The Labute approximate surface area is 167 Å². The van der Waals surface area contributed by atoms with Gasteiger partial charge in [-0.25, -0.2) is 0 Å². The van der Waals surface area contributed by atoms with Gasteiger partial charge >= 0.3 is 6.18 Å². The lowest BCUT2D eigenvalue weighted by Crippen LogP contribution is -2.50. The van der Waals surface area contributed by atoms with Crippen molar-refractivity contribution in [3.63, 3.8) is 0 Å². The molecule has 0 amide bonds. The van der Waals surface area contributed by atoms with E-state index in [1.165, 1.54) is 0 Å². The molecule has 7 heteroatoms. The number of methoxy groups -OCH3 is 1. The van der Waals surface area contributed by atoms with Gasteiger partial charge in [-0.1, -0.05) is 18.2 Å². The number of nitrogens with zero attached hydrogens (tertiary/aromatic N) is 2. The summed E-state index contributed by atoms with van der Waals surface area (Å²) in [6.07, 6.45) is -3.39. The number of likely N-dealkylation sites (tertiary alicyclic amines) is 1. The number of rotatable bonds is 5. The Balaban J connectivity index is 1.64. The molecule has 4 rings (SSSR count). The summed E-state index contributed by atoms with van der Waals surface area (Å²) in [6, 6.07) is 13.0. The van der Waals surface area contributed by atoms with E-state index in [-0.39, 0.29) is 30.0 Å². The molecule has 4 nitrogen and oxygen atoms in total. The van der Waals surface area contributed by atoms with Crippen LogP contribution in [0.3, 0.4) is 0 Å². The van der Waals surface area contributed by atoms with E-state index in [1.54, 1.807) is 19.2 Å². The highest BCUT2D eigenvalue weighted by atomic mass is 19.4. The number of pyridine rings is 1. The Bertz CT molecular complexity index is 925. The molecule has 3 heterocycles. The highest BCUT2D eigenvalue weighted by Gasteiger charge is 2.41. The van der Waals surface area contributed by atoms with Gasteiger partial charge in [-0.2, -0.15) is 13.2 Å². The van der Waals surface area contributed by atoms with E-state index in [1.807, 2.05) is 39.8 Å². The van der Waals surface area contributed by atoms with E-state index < -0.39 is 12.6 Å². The van der Waals surface area contributed by atoms with Crippen LogP contribution in [-0.2, 0) is 6.42 Å². The minimum atomic E-state index is -4.15. The van der Waals surface area contributed by atoms with Crippen molar-refractivity contribution in [1.82, 2.24) is 9.47 Å². The summed E-state index contributed by atoms with van der Waals surface area (Å²) in [7, 11) is 1.61. The van der Waals surface area contributed by atoms with Gasteiger partial charge in [-0.15, -0.1) is 0 Å². The molecule has 2 aliphatic heterocycles. The van der Waals surface area contributed by atoms with Gasteiger partial charge in [0.2, 0.25) is 0 Å². The maximum atomic E-state index is 12.7. The topological polar surface area (TPSA) is 34.5 Å². The van der Waals surface area contributed by atoms with Gasteiger partial charge in [-0.3, -0.25) is 4.79 Å². The summed E-state index contributed by atoms with van der Waals surface area (Å²) in [5.74, 6) is 0.991. The average molecular weight is 406 g/mol. The lowest BCUT2D eigenvalue weighted by Gasteiger charge is -2.47. The van der Waals surface area contributed by atoms with Crippen LogP contribution < -0.4 is 10.3 Å². The molecule has 156 valence electrons. The summed E-state index contributed by atoms with van der Waals surface area (Å²) in [4.78, 5) is 14.7. The van der Waals surface area contributed by atoms with Gasteiger partial charge in [0.15, 0.2) is 0 Å². The van der Waals surface area contributed by atoms with Crippen molar-refractivity contribution in [3.8, 4) is 5.75 Å². The van der Waals surface area contributed by atoms with Crippen molar-refractivity contribution in [3.05, 3.63) is 64.1 Å². The Morgan fingerprint density at radius 1 is 1.14 bits per heavy atom.